The third-order valence-electron chi connectivity index (χ3n) is 3.43. The molecule has 0 fully saturated rings. The molecule has 28 heavy (non-hydrogen) atoms. The molecule has 2 rings (SSSR count). The van der Waals surface area contributed by atoms with Gasteiger partial charge in [-0.25, -0.2) is 13.2 Å². The van der Waals surface area contributed by atoms with Gasteiger partial charge in [0.2, 0.25) is 0 Å². The summed E-state index contributed by atoms with van der Waals surface area (Å²) in [7, 11) is -3.30. The lowest BCUT2D eigenvalue weighted by Crippen LogP contribution is -2.22. The van der Waals surface area contributed by atoms with Crippen molar-refractivity contribution < 1.29 is 35.9 Å². The van der Waals surface area contributed by atoms with Crippen molar-refractivity contribution in [3.63, 3.8) is 0 Å². The summed E-state index contributed by atoms with van der Waals surface area (Å²) < 4.78 is 66.2. The third kappa shape index (κ3) is 6.38. The minimum atomic E-state index is -4.65. The maximum atomic E-state index is 12.9. The number of nitrogens with one attached hydrogen (secondary N) is 1. The van der Waals surface area contributed by atoms with Gasteiger partial charge in [0, 0.05) is 6.26 Å². The van der Waals surface area contributed by atoms with Crippen molar-refractivity contribution in [3.8, 4) is 0 Å². The van der Waals surface area contributed by atoms with Crippen molar-refractivity contribution in [1.82, 2.24) is 0 Å². The number of alkyl halides is 3. The highest BCUT2D eigenvalue weighted by Gasteiger charge is 2.33. The van der Waals surface area contributed by atoms with E-state index in [4.69, 9.17) is 4.74 Å². The second-order valence-corrected chi connectivity index (χ2v) is 8.08. The quantitative estimate of drug-likeness (QED) is 0.733. The minimum absolute atomic E-state index is 0.0182. The first-order chi connectivity index (χ1) is 13.0. The molecule has 10 heteroatoms. The standard InChI is InChI=1S/C18H16F3NO5S/c1-28(25,26)11-12-5-4-6-13(9-12)17(24)27-10-16(23)22-15-8-3-2-7-14(15)18(19,20)21/h2-9H,10-11H2,1H3,(H,22,23). The first-order valence-corrected chi connectivity index (χ1v) is 9.91. The topological polar surface area (TPSA) is 89.5 Å². The Labute approximate surface area is 159 Å². The van der Waals surface area contributed by atoms with Crippen LogP contribution in [-0.2, 0) is 31.3 Å². The van der Waals surface area contributed by atoms with E-state index in [1.165, 1.54) is 36.4 Å². The molecule has 0 aliphatic rings. The van der Waals surface area contributed by atoms with Gasteiger partial charge in [0.15, 0.2) is 16.4 Å². The van der Waals surface area contributed by atoms with Crippen molar-refractivity contribution in [3.05, 3.63) is 65.2 Å². The van der Waals surface area contributed by atoms with Gasteiger partial charge in [-0.3, -0.25) is 4.79 Å². The van der Waals surface area contributed by atoms with Crippen molar-refractivity contribution in [1.29, 1.82) is 0 Å². The third-order valence-corrected chi connectivity index (χ3v) is 4.29. The molecule has 0 unspecified atom stereocenters. The lowest BCUT2D eigenvalue weighted by atomic mass is 10.1. The predicted molar refractivity (Wildman–Crippen MR) is 95.3 cm³/mol. The van der Waals surface area contributed by atoms with E-state index in [1.807, 2.05) is 0 Å². The van der Waals surface area contributed by atoms with Crippen LogP contribution in [0.5, 0.6) is 0 Å². The van der Waals surface area contributed by atoms with Gasteiger partial charge in [0.25, 0.3) is 5.91 Å². The van der Waals surface area contributed by atoms with Gasteiger partial charge < -0.3 is 10.1 Å². The molecule has 150 valence electrons. The number of para-hydroxylation sites is 1. The van der Waals surface area contributed by atoms with Gasteiger partial charge in [-0.15, -0.1) is 0 Å². The van der Waals surface area contributed by atoms with E-state index in [-0.39, 0.29) is 11.3 Å². The number of carbonyl (C=O) groups is 2. The fourth-order valence-electron chi connectivity index (χ4n) is 2.33. The Balaban J connectivity index is 2.00. The van der Waals surface area contributed by atoms with Crippen LogP contribution in [0.2, 0.25) is 0 Å². The van der Waals surface area contributed by atoms with E-state index in [0.717, 1.165) is 18.4 Å². The van der Waals surface area contributed by atoms with Gasteiger partial charge in [0.05, 0.1) is 22.6 Å². The summed E-state index contributed by atoms with van der Waals surface area (Å²) in [4.78, 5) is 23.9. The molecule has 1 N–H and O–H groups in total. The Morgan fingerprint density at radius 2 is 1.75 bits per heavy atom. The smallest absolute Gasteiger partial charge is 0.418 e. The van der Waals surface area contributed by atoms with Gasteiger partial charge in [-0.05, 0) is 29.8 Å². The molecule has 6 nitrogen and oxygen atoms in total. The molecular formula is C18H16F3NO5S. The van der Waals surface area contributed by atoms with E-state index in [1.54, 1.807) is 0 Å². The van der Waals surface area contributed by atoms with Crippen molar-refractivity contribution >= 4 is 27.4 Å². The number of hydrogen-bond acceptors (Lipinski definition) is 5. The number of rotatable bonds is 6. The average molecular weight is 415 g/mol. The molecular weight excluding hydrogens is 399 g/mol. The normalized spacial score (nSPS) is 11.7. The van der Waals surface area contributed by atoms with E-state index in [0.29, 0.717) is 5.56 Å². The van der Waals surface area contributed by atoms with Gasteiger partial charge in [0.1, 0.15) is 0 Å². The van der Waals surface area contributed by atoms with Gasteiger partial charge in [-0.2, -0.15) is 13.2 Å². The number of esters is 1. The van der Waals surface area contributed by atoms with E-state index in [2.05, 4.69) is 5.32 Å². The molecule has 1 amide bonds. The number of sulfone groups is 1. The average Bonchev–Trinajstić information content (AvgIpc) is 2.58. The zero-order valence-electron chi connectivity index (χ0n) is 14.6. The molecule has 2 aromatic carbocycles. The van der Waals surface area contributed by atoms with Gasteiger partial charge >= 0.3 is 12.1 Å². The molecule has 0 radical (unpaired) electrons. The van der Waals surface area contributed by atoms with E-state index < -0.39 is 45.7 Å². The maximum absolute atomic E-state index is 12.9. The molecule has 0 atom stereocenters. The number of anilines is 1. The summed E-state index contributed by atoms with van der Waals surface area (Å²) >= 11 is 0. The van der Waals surface area contributed by atoms with Crippen LogP contribution in [0.4, 0.5) is 18.9 Å². The number of benzene rings is 2. The molecule has 2 aromatic rings. The Hall–Kier alpha value is -2.88. The van der Waals surface area contributed by atoms with E-state index >= 15 is 0 Å². The summed E-state index contributed by atoms with van der Waals surface area (Å²) in [5.41, 5.74) is -1.10. The first kappa shape index (κ1) is 21.4. The number of carbonyl (C=O) groups excluding carboxylic acids is 2. The van der Waals surface area contributed by atoms with Crippen LogP contribution in [0.15, 0.2) is 48.5 Å². The van der Waals surface area contributed by atoms with Crippen molar-refractivity contribution in [2.45, 2.75) is 11.9 Å². The Bertz CT molecular complexity index is 987. The van der Waals surface area contributed by atoms with Crippen LogP contribution >= 0.6 is 0 Å². The Morgan fingerprint density at radius 1 is 1.07 bits per heavy atom. The molecule has 0 saturated heterocycles. The molecule has 0 aromatic heterocycles. The first-order valence-electron chi connectivity index (χ1n) is 7.85. The largest absolute Gasteiger partial charge is 0.452 e. The van der Waals surface area contributed by atoms with Crippen molar-refractivity contribution in [2.75, 3.05) is 18.2 Å². The number of halogens is 3. The zero-order chi connectivity index (χ0) is 20.9. The highest BCUT2D eigenvalue weighted by Crippen LogP contribution is 2.34. The van der Waals surface area contributed by atoms with Crippen LogP contribution in [0.25, 0.3) is 0 Å². The number of hydrogen-bond donors (Lipinski definition) is 1. The molecule has 0 bridgehead atoms. The number of amides is 1. The second kappa shape index (κ2) is 8.42. The maximum Gasteiger partial charge on any atom is 0.418 e. The summed E-state index contributed by atoms with van der Waals surface area (Å²) in [5, 5.41) is 2.05. The Kier molecular flexibility index (Phi) is 6.45. The molecule has 0 spiro atoms. The zero-order valence-corrected chi connectivity index (χ0v) is 15.4. The van der Waals surface area contributed by atoms with Crippen LogP contribution in [-0.4, -0.2) is 33.2 Å². The SMILES string of the molecule is CS(=O)(=O)Cc1cccc(C(=O)OCC(=O)Nc2ccccc2C(F)(F)F)c1. The molecule has 0 heterocycles. The molecule has 0 aliphatic heterocycles. The van der Waals surface area contributed by atoms with Gasteiger partial charge in [-0.1, -0.05) is 24.3 Å². The summed E-state index contributed by atoms with van der Waals surface area (Å²) in [6.07, 6.45) is -3.61. The highest BCUT2D eigenvalue weighted by atomic mass is 32.2. The lowest BCUT2D eigenvalue weighted by molar-refractivity contribution is -0.137. The monoisotopic (exact) mass is 415 g/mol. The Morgan fingerprint density at radius 3 is 2.39 bits per heavy atom. The van der Waals surface area contributed by atoms with E-state index in [9.17, 15) is 31.2 Å². The second-order valence-electron chi connectivity index (χ2n) is 5.94. The van der Waals surface area contributed by atoms with Crippen LogP contribution in [0.3, 0.4) is 0 Å². The minimum Gasteiger partial charge on any atom is -0.452 e. The highest BCUT2D eigenvalue weighted by molar-refractivity contribution is 7.89. The van der Waals surface area contributed by atoms with Crippen LogP contribution in [0, 0.1) is 0 Å². The number of ether oxygens (including phenoxy) is 1. The summed E-state index contributed by atoms with van der Waals surface area (Å²) in [5.74, 6) is -2.13. The van der Waals surface area contributed by atoms with Crippen LogP contribution < -0.4 is 5.32 Å². The molecule has 0 aliphatic carbocycles. The summed E-state index contributed by atoms with van der Waals surface area (Å²) in [6, 6.07) is 10.0. The molecule has 0 saturated carbocycles. The van der Waals surface area contributed by atoms with Crippen molar-refractivity contribution in [2.24, 2.45) is 0 Å². The predicted octanol–water partition coefficient (Wildman–Crippen LogP) is 3.05. The van der Waals surface area contributed by atoms with Crippen LogP contribution in [0.1, 0.15) is 21.5 Å². The summed E-state index contributed by atoms with van der Waals surface area (Å²) in [6.45, 7) is -0.804. The fourth-order valence-corrected chi connectivity index (χ4v) is 3.12. The fraction of sp³-hybridized carbons (Fsp3) is 0.222. The lowest BCUT2D eigenvalue weighted by Gasteiger charge is -2.13.